The van der Waals surface area contributed by atoms with Gasteiger partial charge in [-0.15, -0.1) is 0 Å². The smallest absolute Gasteiger partial charge is 0.222 e. The fourth-order valence-electron chi connectivity index (χ4n) is 2.97. The van der Waals surface area contributed by atoms with Crippen LogP contribution in [0.1, 0.15) is 38.5 Å². The molecule has 0 aromatic rings. The van der Waals surface area contributed by atoms with Crippen LogP contribution in [0.15, 0.2) is 0 Å². The van der Waals surface area contributed by atoms with E-state index < -0.39 is 0 Å². The average molecular weight is 240 g/mol. The molecule has 2 aliphatic heterocycles. The molecule has 98 valence electrons. The number of carbonyl (C=O) groups excluding carboxylic acids is 1. The minimum Gasteiger partial charge on any atom is -0.396 e. The van der Waals surface area contributed by atoms with E-state index in [1.165, 1.54) is 32.4 Å². The van der Waals surface area contributed by atoms with Crippen molar-refractivity contribution in [2.75, 3.05) is 32.8 Å². The molecule has 1 atom stereocenters. The molecule has 17 heavy (non-hydrogen) atoms. The van der Waals surface area contributed by atoms with E-state index >= 15 is 0 Å². The second kappa shape index (κ2) is 6.36. The van der Waals surface area contributed by atoms with Crippen molar-refractivity contribution in [3.05, 3.63) is 0 Å². The summed E-state index contributed by atoms with van der Waals surface area (Å²) in [6.45, 7) is 4.36. The van der Waals surface area contributed by atoms with Crippen LogP contribution in [0.25, 0.3) is 0 Å². The lowest BCUT2D eigenvalue weighted by Crippen LogP contribution is -2.48. The van der Waals surface area contributed by atoms with Crippen LogP contribution in [-0.2, 0) is 4.79 Å². The summed E-state index contributed by atoms with van der Waals surface area (Å²) in [4.78, 5) is 16.5. The Morgan fingerprint density at radius 2 is 1.94 bits per heavy atom. The van der Waals surface area contributed by atoms with Gasteiger partial charge in [0, 0.05) is 32.2 Å². The molecule has 0 radical (unpaired) electrons. The minimum atomic E-state index is 0.120. The summed E-state index contributed by atoms with van der Waals surface area (Å²) in [6, 6.07) is 0.587. The van der Waals surface area contributed by atoms with Gasteiger partial charge in [0.25, 0.3) is 0 Å². The van der Waals surface area contributed by atoms with Crippen molar-refractivity contribution in [3.8, 4) is 0 Å². The van der Waals surface area contributed by atoms with E-state index in [0.717, 1.165) is 19.5 Å². The first-order chi connectivity index (χ1) is 8.31. The predicted octanol–water partition coefficient (Wildman–Crippen LogP) is 0.846. The van der Waals surface area contributed by atoms with Crippen LogP contribution in [0.5, 0.6) is 0 Å². The Morgan fingerprint density at radius 3 is 2.65 bits per heavy atom. The highest BCUT2D eigenvalue weighted by Gasteiger charge is 2.28. The maximum atomic E-state index is 11.9. The molecular formula is C13H24N2O2. The zero-order valence-corrected chi connectivity index (χ0v) is 10.6. The van der Waals surface area contributed by atoms with Gasteiger partial charge in [-0.05, 0) is 45.2 Å². The van der Waals surface area contributed by atoms with E-state index in [2.05, 4.69) is 4.90 Å². The standard InChI is InChI=1S/C13H24N2O2/c16-10-4-6-13(17)15-9-3-5-12(11-15)14-7-1-2-8-14/h12,16H,1-11H2. The summed E-state index contributed by atoms with van der Waals surface area (Å²) in [5, 5.41) is 8.76. The van der Waals surface area contributed by atoms with Crippen LogP contribution in [0.2, 0.25) is 0 Å². The largest absolute Gasteiger partial charge is 0.396 e. The number of hydrogen-bond donors (Lipinski definition) is 1. The van der Waals surface area contributed by atoms with E-state index in [9.17, 15) is 4.79 Å². The first-order valence-electron chi connectivity index (χ1n) is 6.94. The van der Waals surface area contributed by atoms with Crippen LogP contribution >= 0.6 is 0 Å². The Bertz CT molecular complexity index is 252. The van der Waals surface area contributed by atoms with Crippen LogP contribution in [0.3, 0.4) is 0 Å². The third kappa shape index (κ3) is 3.42. The summed E-state index contributed by atoms with van der Waals surface area (Å²) in [7, 11) is 0. The van der Waals surface area contributed by atoms with Crippen molar-refractivity contribution in [2.45, 2.75) is 44.6 Å². The monoisotopic (exact) mass is 240 g/mol. The van der Waals surface area contributed by atoms with Gasteiger partial charge in [0.05, 0.1) is 0 Å². The number of likely N-dealkylation sites (tertiary alicyclic amines) is 2. The SMILES string of the molecule is O=C(CCCO)N1CCCC(N2CCCC2)C1. The van der Waals surface area contributed by atoms with E-state index in [1.807, 2.05) is 4.90 Å². The number of rotatable bonds is 4. The highest BCUT2D eigenvalue weighted by atomic mass is 16.3. The van der Waals surface area contributed by atoms with E-state index in [0.29, 0.717) is 18.9 Å². The molecule has 4 heteroatoms. The molecule has 0 aromatic carbocycles. The first kappa shape index (κ1) is 12.8. The average Bonchev–Trinajstić information content (AvgIpc) is 2.90. The fraction of sp³-hybridized carbons (Fsp3) is 0.923. The van der Waals surface area contributed by atoms with Crippen molar-refractivity contribution in [2.24, 2.45) is 0 Å². The molecular weight excluding hydrogens is 216 g/mol. The lowest BCUT2D eigenvalue weighted by atomic mass is 10.0. The molecule has 0 spiro atoms. The second-order valence-corrected chi connectivity index (χ2v) is 5.21. The number of amides is 1. The Labute approximate surface area is 104 Å². The van der Waals surface area contributed by atoms with Crippen molar-refractivity contribution in [1.29, 1.82) is 0 Å². The Balaban J connectivity index is 1.81. The van der Waals surface area contributed by atoms with Crippen molar-refractivity contribution in [3.63, 3.8) is 0 Å². The number of nitrogens with zero attached hydrogens (tertiary/aromatic N) is 2. The number of carbonyl (C=O) groups is 1. The number of aliphatic hydroxyl groups excluding tert-OH is 1. The highest BCUT2D eigenvalue weighted by Crippen LogP contribution is 2.20. The van der Waals surface area contributed by atoms with Gasteiger partial charge in [-0.3, -0.25) is 9.69 Å². The number of piperidine rings is 1. The summed E-state index contributed by atoms with van der Waals surface area (Å²) >= 11 is 0. The third-order valence-corrected chi connectivity index (χ3v) is 3.96. The Kier molecular flexibility index (Phi) is 4.80. The van der Waals surface area contributed by atoms with Crippen LogP contribution in [0, 0.1) is 0 Å². The van der Waals surface area contributed by atoms with E-state index in [-0.39, 0.29) is 12.5 Å². The molecule has 0 saturated carbocycles. The van der Waals surface area contributed by atoms with Gasteiger partial charge < -0.3 is 10.0 Å². The lowest BCUT2D eigenvalue weighted by Gasteiger charge is -2.37. The third-order valence-electron chi connectivity index (χ3n) is 3.96. The molecule has 1 unspecified atom stereocenters. The van der Waals surface area contributed by atoms with Gasteiger partial charge in [0.2, 0.25) is 5.91 Å². The summed E-state index contributed by atoms with van der Waals surface area (Å²) < 4.78 is 0. The molecule has 2 heterocycles. The normalized spacial score (nSPS) is 26.4. The summed E-state index contributed by atoms with van der Waals surface area (Å²) in [5.41, 5.74) is 0. The molecule has 2 rings (SSSR count). The topological polar surface area (TPSA) is 43.8 Å². The maximum Gasteiger partial charge on any atom is 0.222 e. The summed E-state index contributed by atoms with van der Waals surface area (Å²) in [5.74, 6) is 0.225. The summed E-state index contributed by atoms with van der Waals surface area (Å²) in [6.07, 6.45) is 6.10. The van der Waals surface area contributed by atoms with Crippen molar-refractivity contribution in [1.82, 2.24) is 9.80 Å². The molecule has 0 bridgehead atoms. The molecule has 0 aromatic heterocycles. The van der Waals surface area contributed by atoms with Gasteiger partial charge in [-0.1, -0.05) is 0 Å². The maximum absolute atomic E-state index is 11.9. The molecule has 2 fully saturated rings. The zero-order valence-electron chi connectivity index (χ0n) is 10.6. The second-order valence-electron chi connectivity index (χ2n) is 5.21. The Hall–Kier alpha value is -0.610. The number of aliphatic hydroxyl groups is 1. The molecule has 1 N–H and O–H groups in total. The van der Waals surface area contributed by atoms with Gasteiger partial charge in [0.1, 0.15) is 0 Å². The van der Waals surface area contributed by atoms with Crippen LogP contribution in [0.4, 0.5) is 0 Å². The number of hydrogen-bond acceptors (Lipinski definition) is 3. The highest BCUT2D eigenvalue weighted by molar-refractivity contribution is 5.76. The van der Waals surface area contributed by atoms with Gasteiger partial charge in [-0.25, -0.2) is 0 Å². The van der Waals surface area contributed by atoms with Crippen LogP contribution in [-0.4, -0.2) is 59.6 Å². The molecule has 4 nitrogen and oxygen atoms in total. The van der Waals surface area contributed by atoms with Gasteiger partial charge in [0.15, 0.2) is 0 Å². The molecule has 2 saturated heterocycles. The van der Waals surface area contributed by atoms with E-state index in [1.54, 1.807) is 0 Å². The predicted molar refractivity (Wildman–Crippen MR) is 66.7 cm³/mol. The lowest BCUT2D eigenvalue weighted by molar-refractivity contribution is -0.133. The fourth-order valence-corrected chi connectivity index (χ4v) is 2.97. The Morgan fingerprint density at radius 1 is 1.18 bits per heavy atom. The van der Waals surface area contributed by atoms with E-state index in [4.69, 9.17) is 5.11 Å². The molecule has 2 aliphatic rings. The first-order valence-corrected chi connectivity index (χ1v) is 6.94. The van der Waals surface area contributed by atoms with Crippen molar-refractivity contribution >= 4 is 5.91 Å². The quantitative estimate of drug-likeness (QED) is 0.792. The molecule has 1 amide bonds. The van der Waals surface area contributed by atoms with Crippen molar-refractivity contribution < 1.29 is 9.90 Å². The van der Waals surface area contributed by atoms with Gasteiger partial charge in [-0.2, -0.15) is 0 Å². The minimum absolute atomic E-state index is 0.120. The van der Waals surface area contributed by atoms with Crippen LogP contribution < -0.4 is 0 Å². The van der Waals surface area contributed by atoms with Gasteiger partial charge >= 0.3 is 0 Å². The zero-order chi connectivity index (χ0) is 12.1. The molecule has 0 aliphatic carbocycles.